The normalized spacial score (nSPS) is 25.0. The molecule has 4 nitrogen and oxygen atoms in total. The van der Waals surface area contributed by atoms with Gasteiger partial charge in [-0.05, 0) is 49.4 Å². The average Bonchev–Trinajstić information content (AvgIpc) is 3.08. The summed E-state index contributed by atoms with van der Waals surface area (Å²) in [6, 6.07) is 4.99. The van der Waals surface area contributed by atoms with Gasteiger partial charge in [0.05, 0.1) is 0 Å². The number of fused-ring (bicyclic) bond motifs is 3. The van der Waals surface area contributed by atoms with E-state index >= 15 is 0 Å². The molecule has 0 N–H and O–H groups in total. The van der Waals surface area contributed by atoms with E-state index in [2.05, 4.69) is 24.0 Å². The maximum atomic E-state index is 5.88. The van der Waals surface area contributed by atoms with Crippen LogP contribution < -0.4 is 9.47 Å². The van der Waals surface area contributed by atoms with Gasteiger partial charge in [0, 0.05) is 38.3 Å². The number of benzene rings is 1. The molecule has 0 radical (unpaired) electrons. The van der Waals surface area contributed by atoms with E-state index in [1.807, 2.05) is 0 Å². The van der Waals surface area contributed by atoms with Crippen LogP contribution in [0, 0.1) is 0 Å². The van der Waals surface area contributed by atoms with Crippen molar-refractivity contribution in [2.75, 3.05) is 40.0 Å². The maximum absolute atomic E-state index is 5.88. The van der Waals surface area contributed by atoms with E-state index in [9.17, 15) is 0 Å². The van der Waals surface area contributed by atoms with Crippen LogP contribution in [0.25, 0.3) is 0 Å². The number of hydrogen-bond acceptors (Lipinski definition) is 4. The van der Waals surface area contributed by atoms with Gasteiger partial charge in [0.2, 0.25) is 0 Å². The first-order valence-corrected chi connectivity index (χ1v) is 9.40. The molecule has 132 valence electrons. The Labute approximate surface area is 145 Å². The van der Waals surface area contributed by atoms with Crippen molar-refractivity contribution in [3.05, 3.63) is 23.3 Å². The third kappa shape index (κ3) is 2.70. The summed E-state index contributed by atoms with van der Waals surface area (Å²) in [6.45, 7) is 6.77. The second-order valence-corrected chi connectivity index (χ2v) is 7.56. The van der Waals surface area contributed by atoms with Crippen LogP contribution in [0.15, 0.2) is 12.1 Å². The summed E-state index contributed by atoms with van der Waals surface area (Å²) in [6.07, 6.45) is 6.37. The highest BCUT2D eigenvalue weighted by atomic mass is 16.6. The minimum Gasteiger partial charge on any atom is -0.486 e. The van der Waals surface area contributed by atoms with Crippen molar-refractivity contribution in [3.8, 4) is 11.5 Å². The second-order valence-electron chi connectivity index (χ2n) is 7.56. The van der Waals surface area contributed by atoms with Gasteiger partial charge in [-0.3, -0.25) is 4.90 Å². The summed E-state index contributed by atoms with van der Waals surface area (Å²) in [5.41, 5.74) is 3.29. The first-order chi connectivity index (χ1) is 11.7. The zero-order valence-corrected chi connectivity index (χ0v) is 15.0. The Balaban J connectivity index is 1.71. The van der Waals surface area contributed by atoms with Gasteiger partial charge in [-0.2, -0.15) is 0 Å². The highest BCUT2D eigenvalue weighted by molar-refractivity contribution is 5.53. The molecule has 1 aromatic carbocycles. The molecular weight excluding hydrogens is 302 g/mol. The molecule has 1 unspecified atom stereocenters. The molecule has 0 aromatic heterocycles. The molecule has 2 aliphatic heterocycles. The Kier molecular flexibility index (Phi) is 4.44. The van der Waals surface area contributed by atoms with Gasteiger partial charge in [-0.15, -0.1) is 0 Å². The molecule has 2 heterocycles. The van der Waals surface area contributed by atoms with Gasteiger partial charge < -0.3 is 14.2 Å². The lowest BCUT2D eigenvalue weighted by atomic mass is 9.71. The molecule has 4 heteroatoms. The first kappa shape index (κ1) is 16.2. The fourth-order valence-corrected chi connectivity index (χ4v) is 4.88. The van der Waals surface area contributed by atoms with Crippen molar-refractivity contribution in [3.63, 3.8) is 0 Å². The zero-order chi connectivity index (χ0) is 16.6. The monoisotopic (exact) mass is 331 g/mol. The Hall–Kier alpha value is -1.26. The van der Waals surface area contributed by atoms with Crippen LogP contribution in [0.1, 0.15) is 56.2 Å². The molecule has 1 aromatic rings. The molecule has 24 heavy (non-hydrogen) atoms. The lowest BCUT2D eigenvalue weighted by molar-refractivity contribution is 0.112. The van der Waals surface area contributed by atoms with Crippen molar-refractivity contribution in [1.82, 2.24) is 4.90 Å². The number of ether oxygens (including phenoxy) is 3. The average molecular weight is 331 g/mol. The smallest absolute Gasteiger partial charge is 0.161 e. The molecule has 4 rings (SSSR count). The van der Waals surface area contributed by atoms with Crippen molar-refractivity contribution in [2.24, 2.45) is 0 Å². The van der Waals surface area contributed by atoms with Crippen molar-refractivity contribution in [1.29, 1.82) is 0 Å². The molecule has 1 atom stereocenters. The summed E-state index contributed by atoms with van der Waals surface area (Å²) in [5.74, 6) is 1.88. The third-order valence-electron chi connectivity index (χ3n) is 6.14. The van der Waals surface area contributed by atoms with E-state index in [0.29, 0.717) is 24.7 Å². The van der Waals surface area contributed by atoms with Gasteiger partial charge in [0.25, 0.3) is 0 Å². The molecule has 0 saturated heterocycles. The number of rotatable bonds is 4. The highest BCUT2D eigenvalue weighted by Crippen LogP contribution is 2.51. The van der Waals surface area contributed by atoms with Crippen molar-refractivity contribution >= 4 is 0 Å². The lowest BCUT2D eigenvalue weighted by Gasteiger charge is -2.46. The van der Waals surface area contributed by atoms with Crippen LogP contribution in [0.3, 0.4) is 0 Å². The number of methoxy groups -OCH3 is 1. The van der Waals surface area contributed by atoms with E-state index in [1.165, 1.54) is 43.4 Å². The van der Waals surface area contributed by atoms with E-state index in [-0.39, 0.29) is 0 Å². The van der Waals surface area contributed by atoms with Gasteiger partial charge in [-0.25, -0.2) is 0 Å². The summed E-state index contributed by atoms with van der Waals surface area (Å²) in [5, 5.41) is 0. The van der Waals surface area contributed by atoms with Crippen LogP contribution >= 0.6 is 0 Å². The standard InChI is InChI=1S/C20H29NO3/c1-15-16-12-18-19(24-11-10-23-18)13-17(16)20(6-3-4-7-20)14-21(15)8-5-9-22-2/h12-13,15H,3-11,14H2,1-2H3. The van der Waals surface area contributed by atoms with E-state index in [1.54, 1.807) is 7.11 Å². The molecule has 3 aliphatic rings. The molecule has 0 bridgehead atoms. The Morgan fingerprint density at radius 1 is 1.17 bits per heavy atom. The topological polar surface area (TPSA) is 30.9 Å². The third-order valence-corrected chi connectivity index (χ3v) is 6.14. The molecule has 1 aliphatic carbocycles. The molecule has 1 saturated carbocycles. The van der Waals surface area contributed by atoms with Crippen LogP contribution in [0.5, 0.6) is 11.5 Å². The van der Waals surface area contributed by atoms with Crippen LogP contribution in [0.4, 0.5) is 0 Å². The SMILES string of the molecule is COCCCN1CC2(CCCC2)c2cc3c(cc2C1C)OCCO3. The van der Waals surface area contributed by atoms with E-state index < -0.39 is 0 Å². The molecule has 1 spiro atoms. The Morgan fingerprint density at radius 3 is 2.58 bits per heavy atom. The molecule has 1 fully saturated rings. The minimum absolute atomic E-state index is 0.310. The minimum atomic E-state index is 0.310. The highest BCUT2D eigenvalue weighted by Gasteiger charge is 2.44. The van der Waals surface area contributed by atoms with Gasteiger partial charge >= 0.3 is 0 Å². The van der Waals surface area contributed by atoms with Crippen LogP contribution in [-0.2, 0) is 10.2 Å². The van der Waals surface area contributed by atoms with Gasteiger partial charge in [0.1, 0.15) is 13.2 Å². The summed E-state index contributed by atoms with van der Waals surface area (Å²) >= 11 is 0. The predicted octanol–water partition coefficient (Wildman–Crippen LogP) is 3.68. The molecular formula is C20H29NO3. The lowest BCUT2D eigenvalue weighted by Crippen LogP contribution is -2.46. The van der Waals surface area contributed by atoms with Crippen LogP contribution in [-0.4, -0.2) is 44.9 Å². The maximum Gasteiger partial charge on any atom is 0.161 e. The fraction of sp³-hybridized carbons (Fsp3) is 0.700. The first-order valence-electron chi connectivity index (χ1n) is 9.40. The summed E-state index contributed by atoms with van der Waals surface area (Å²) in [4.78, 5) is 2.66. The van der Waals surface area contributed by atoms with Crippen LogP contribution in [0.2, 0.25) is 0 Å². The van der Waals surface area contributed by atoms with Gasteiger partial charge in [0.15, 0.2) is 11.5 Å². The second kappa shape index (κ2) is 6.57. The summed E-state index contributed by atoms with van der Waals surface area (Å²) < 4.78 is 17.0. The largest absolute Gasteiger partial charge is 0.486 e. The van der Waals surface area contributed by atoms with E-state index in [4.69, 9.17) is 14.2 Å². The van der Waals surface area contributed by atoms with Gasteiger partial charge in [-0.1, -0.05) is 12.8 Å². The van der Waals surface area contributed by atoms with E-state index in [0.717, 1.165) is 31.1 Å². The summed E-state index contributed by atoms with van der Waals surface area (Å²) in [7, 11) is 1.79. The molecule has 0 amide bonds. The van der Waals surface area contributed by atoms with Crippen molar-refractivity contribution < 1.29 is 14.2 Å². The number of nitrogens with zero attached hydrogens (tertiary/aromatic N) is 1. The zero-order valence-electron chi connectivity index (χ0n) is 15.0. The van der Waals surface area contributed by atoms with Crippen molar-refractivity contribution in [2.45, 2.75) is 50.5 Å². The Morgan fingerprint density at radius 2 is 1.88 bits per heavy atom. The number of hydrogen-bond donors (Lipinski definition) is 0. The predicted molar refractivity (Wildman–Crippen MR) is 94.1 cm³/mol. The quantitative estimate of drug-likeness (QED) is 0.788. The Bertz CT molecular complexity index is 595. The fourth-order valence-electron chi connectivity index (χ4n) is 4.88.